The molecule has 1 aliphatic carbocycles. The van der Waals surface area contributed by atoms with Crippen molar-refractivity contribution in [2.45, 2.75) is 25.7 Å². The molecule has 0 fully saturated rings. The van der Waals surface area contributed by atoms with E-state index in [1.54, 1.807) is 24.3 Å². The lowest BCUT2D eigenvalue weighted by Crippen LogP contribution is -2.26. The molecule has 2 aromatic rings. The highest BCUT2D eigenvalue weighted by Gasteiger charge is 2.17. The van der Waals surface area contributed by atoms with Crippen LogP contribution in [0.25, 0.3) is 0 Å². The van der Waals surface area contributed by atoms with Gasteiger partial charge in [-0.15, -0.1) is 12.4 Å². The van der Waals surface area contributed by atoms with Crippen LogP contribution in [0.5, 0.6) is 5.75 Å². The molecule has 0 atom stereocenters. The zero-order chi connectivity index (χ0) is 16.4. The van der Waals surface area contributed by atoms with Gasteiger partial charge in [0.25, 0.3) is 11.5 Å². The van der Waals surface area contributed by atoms with Crippen molar-refractivity contribution in [3.05, 3.63) is 51.4 Å². The van der Waals surface area contributed by atoms with Gasteiger partial charge in [-0.25, -0.2) is 0 Å². The molecule has 0 bridgehead atoms. The van der Waals surface area contributed by atoms with Gasteiger partial charge in [0.2, 0.25) is 0 Å². The van der Waals surface area contributed by atoms with E-state index in [-0.39, 0.29) is 23.5 Å². The molecule has 0 saturated heterocycles. The van der Waals surface area contributed by atoms with Crippen LogP contribution in [-0.2, 0) is 12.8 Å². The Kier molecular flexibility index (Phi) is 5.51. The average molecular weight is 350 g/mol. The van der Waals surface area contributed by atoms with Crippen molar-refractivity contribution < 1.29 is 9.53 Å². The number of anilines is 2. The Morgan fingerprint density at radius 2 is 2.00 bits per heavy atom. The second-order valence-electron chi connectivity index (χ2n) is 5.63. The normalized spacial score (nSPS) is 12.7. The van der Waals surface area contributed by atoms with Crippen molar-refractivity contribution in [3.8, 4) is 5.75 Å². The van der Waals surface area contributed by atoms with Crippen molar-refractivity contribution in [2.24, 2.45) is 0 Å². The number of hydrogen-bond acceptors (Lipinski definition) is 4. The van der Waals surface area contributed by atoms with Crippen molar-refractivity contribution in [1.82, 2.24) is 4.98 Å². The summed E-state index contributed by atoms with van der Waals surface area (Å²) in [6, 6.07) is 6.65. The molecule has 1 aromatic heterocycles. The molecule has 0 saturated carbocycles. The highest BCUT2D eigenvalue weighted by atomic mass is 35.5. The van der Waals surface area contributed by atoms with Crippen LogP contribution in [0.2, 0.25) is 0 Å². The molecule has 4 N–H and O–H groups in total. The molecule has 0 radical (unpaired) electrons. The molecular formula is C17H20ClN3O3. The third-order valence-electron chi connectivity index (χ3n) is 4.07. The standard InChI is InChI=1S/C17H19N3O3.ClH/c1-23-15-7-6-11(9-13(15)18)19-16(21)12-8-10-4-2-3-5-14(10)20-17(12)22;/h6-9H,2-5,18H2,1H3,(H,19,21)(H,20,22);1H. The summed E-state index contributed by atoms with van der Waals surface area (Å²) in [5.74, 6) is 0.0961. The number of hydrogen-bond donors (Lipinski definition) is 3. The minimum Gasteiger partial charge on any atom is -0.495 e. The number of ether oxygens (including phenoxy) is 1. The summed E-state index contributed by atoms with van der Waals surface area (Å²) in [5, 5.41) is 2.70. The van der Waals surface area contributed by atoms with Crippen LogP contribution in [0.1, 0.15) is 34.5 Å². The number of aryl methyl sites for hydroxylation is 2. The minimum atomic E-state index is -0.441. The molecule has 1 amide bonds. The second-order valence-corrected chi connectivity index (χ2v) is 5.63. The summed E-state index contributed by atoms with van der Waals surface area (Å²) in [7, 11) is 1.52. The van der Waals surface area contributed by atoms with E-state index < -0.39 is 5.91 Å². The molecule has 0 spiro atoms. The number of rotatable bonds is 3. The molecule has 1 aromatic carbocycles. The van der Waals surface area contributed by atoms with Gasteiger partial charge < -0.3 is 20.8 Å². The van der Waals surface area contributed by atoms with Gasteiger partial charge in [0.05, 0.1) is 12.8 Å². The number of H-pyrrole nitrogens is 1. The molecular weight excluding hydrogens is 330 g/mol. The van der Waals surface area contributed by atoms with Crippen LogP contribution in [0.4, 0.5) is 11.4 Å². The van der Waals surface area contributed by atoms with Crippen LogP contribution >= 0.6 is 12.4 Å². The molecule has 24 heavy (non-hydrogen) atoms. The molecule has 1 heterocycles. The maximum absolute atomic E-state index is 12.4. The monoisotopic (exact) mass is 349 g/mol. The zero-order valence-electron chi connectivity index (χ0n) is 13.3. The Bertz CT molecular complexity index is 817. The van der Waals surface area contributed by atoms with E-state index in [2.05, 4.69) is 10.3 Å². The molecule has 7 heteroatoms. The van der Waals surface area contributed by atoms with E-state index in [1.165, 1.54) is 7.11 Å². The van der Waals surface area contributed by atoms with Gasteiger partial charge >= 0.3 is 0 Å². The third kappa shape index (κ3) is 3.54. The first-order chi connectivity index (χ1) is 11.1. The largest absolute Gasteiger partial charge is 0.495 e. The Morgan fingerprint density at radius 1 is 1.25 bits per heavy atom. The first-order valence-corrected chi connectivity index (χ1v) is 7.58. The topological polar surface area (TPSA) is 97.2 Å². The van der Waals surface area contributed by atoms with E-state index >= 15 is 0 Å². The Hall–Kier alpha value is -2.47. The van der Waals surface area contributed by atoms with Gasteiger partial charge in [0.1, 0.15) is 11.3 Å². The van der Waals surface area contributed by atoms with Gasteiger partial charge in [-0.3, -0.25) is 9.59 Å². The maximum atomic E-state index is 12.4. The lowest BCUT2D eigenvalue weighted by Gasteiger charge is -2.16. The SMILES string of the molecule is COc1ccc(NC(=O)c2cc3c([nH]c2=O)CCCC3)cc1N.Cl. The Labute approximate surface area is 145 Å². The number of nitrogen functional groups attached to an aromatic ring is 1. The van der Waals surface area contributed by atoms with E-state index in [9.17, 15) is 9.59 Å². The highest BCUT2D eigenvalue weighted by Crippen LogP contribution is 2.25. The first-order valence-electron chi connectivity index (χ1n) is 7.58. The summed E-state index contributed by atoms with van der Waals surface area (Å²) in [6.45, 7) is 0. The number of pyridine rings is 1. The predicted octanol–water partition coefficient (Wildman–Crippen LogP) is 2.52. The number of aromatic amines is 1. The lowest BCUT2D eigenvalue weighted by molar-refractivity contribution is 0.102. The zero-order valence-corrected chi connectivity index (χ0v) is 14.2. The first kappa shape index (κ1) is 17.9. The number of carbonyl (C=O) groups excluding carboxylic acids is 1. The number of nitrogens with one attached hydrogen (secondary N) is 2. The number of methoxy groups -OCH3 is 1. The number of halogens is 1. The molecule has 128 valence electrons. The molecule has 6 nitrogen and oxygen atoms in total. The molecule has 0 aliphatic heterocycles. The fourth-order valence-corrected chi connectivity index (χ4v) is 2.85. The number of aromatic nitrogens is 1. The van der Waals surface area contributed by atoms with Crippen LogP contribution in [0.15, 0.2) is 29.1 Å². The summed E-state index contributed by atoms with van der Waals surface area (Å²) >= 11 is 0. The summed E-state index contributed by atoms with van der Waals surface area (Å²) in [4.78, 5) is 27.3. The van der Waals surface area contributed by atoms with Crippen molar-refractivity contribution in [3.63, 3.8) is 0 Å². The average Bonchev–Trinajstić information content (AvgIpc) is 2.54. The number of fused-ring (bicyclic) bond motifs is 1. The van der Waals surface area contributed by atoms with Gasteiger partial charge in [0.15, 0.2) is 0 Å². The molecule has 1 aliphatic rings. The Balaban J connectivity index is 0.00000208. The lowest BCUT2D eigenvalue weighted by atomic mass is 9.95. The van der Waals surface area contributed by atoms with E-state index in [0.29, 0.717) is 17.1 Å². The van der Waals surface area contributed by atoms with E-state index in [0.717, 1.165) is 36.9 Å². The quantitative estimate of drug-likeness (QED) is 0.742. The smallest absolute Gasteiger partial charge is 0.261 e. The molecule has 3 rings (SSSR count). The van der Waals surface area contributed by atoms with Crippen LogP contribution in [-0.4, -0.2) is 18.0 Å². The highest BCUT2D eigenvalue weighted by molar-refractivity contribution is 6.04. The van der Waals surface area contributed by atoms with Gasteiger partial charge in [-0.05, 0) is 55.5 Å². The fourth-order valence-electron chi connectivity index (χ4n) is 2.85. The number of carbonyl (C=O) groups is 1. The van der Waals surface area contributed by atoms with Gasteiger partial charge in [-0.1, -0.05) is 0 Å². The van der Waals surface area contributed by atoms with Crippen molar-refractivity contribution in [2.75, 3.05) is 18.2 Å². The molecule has 0 unspecified atom stereocenters. The van der Waals surface area contributed by atoms with Crippen LogP contribution in [0.3, 0.4) is 0 Å². The fraction of sp³-hybridized carbons (Fsp3) is 0.294. The van der Waals surface area contributed by atoms with Crippen LogP contribution < -0.4 is 21.3 Å². The second kappa shape index (κ2) is 7.40. The number of benzene rings is 1. The Morgan fingerprint density at radius 3 is 2.71 bits per heavy atom. The van der Waals surface area contributed by atoms with Gasteiger partial charge in [-0.2, -0.15) is 0 Å². The van der Waals surface area contributed by atoms with E-state index in [1.807, 2.05) is 0 Å². The number of amides is 1. The third-order valence-corrected chi connectivity index (χ3v) is 4.07. The number of nitrogens with two attached hydrogens (primary N) is 1. The summed E-state index contributed by atoms with van der Waals surface area (Å²) in [6.07, 6.45) is 3.90. The minimum absolute atomic E-state index is 0. The van der Waals surface area contributed by atoms with Crippen LogP contribution in [0, 0.1) is 0 Å². The van der Waals surface area contributed by atoms with Crippen molar-refractivity contribution >= 4 is 29.7 Å². The predicted molar refractivity (Wildman–Crippen MR) is 96.3 cm³/mol. The van der Waals surface area contributed by atoms with E-state index in [4.69, 9.17) is 10.5 Å². The van der Waals surface area contributed by atoms with Gasteiger partial charge in [0, 0.05) is 11.4 Å². The maximum Gasteiger partial charge on any atom is 0.261 e. The summed E-state index contributed by atoms with van der Waals surface area (Å²) in [5.41, 5.74) is 8.53. The summed E-state index contributed by atoms with van der Waals surface area (Å²) < 4.78 is 5.08. The van der Waals surface area contributed by atoms with Crippen molar-refractivity contribution in [1.29, 1.82) is 0 Å².